The van der Waals surface area contributed by atoms with Crippen LogP contribution in [0, 0.1) is 0 Å². The fourth-order valence-electron chi connectivity index (χ4n) is 1.05. The molecule has 1 aromatic carbocycles. The van der Waals surface area contributed by atoms with Crippen LogP contribution in [0.5, 0.6) is 5.75 Å². The number of hydrogen-bond donors (Lipinski definition) is 1. The third-order valence-electron chi connectivity index (χ3n) is 2.02. The van der Waals surface area contributed by atoms with E-state index in [1.807, 2.05) is 6.92 Å². The van der Waals surface area contributed by atoms with E-state index < -0.39 is 0 Å². The molecule has 1 rings (SSSR count). The highest BCUT2D eigenvalue weighted by Gasteiger charge is 2.01. The van der Waals surface area contributed by atoms with E-state index in [9.17, 15) is 4.79 Å². The number of carbonyl (C=O) groups is 1. The van der Waals surface area contributed by atoms with Crippen molar-refractivity contribution in [2.45, 2.75) is 13.8 Å². The van der Waals surface area contributed by atoms with Gasteiger partial charge in [0.15, 0.2) is 5.78 Å². The molecule has 15 heavy (non-hydrogen) atoms. The minimum absolute atomic E-state index is 0.0273. The standard InChI is InChI=1S/C12H15NO2/c1-3-11(13)8-15-12-6-4-5-10(7-12)9(2)14/h3-7H,8,13H2,1-2H3/b11-3-. The summed E-state index contributed by atoms with van der Waals surface area (Å²) in [5, 5.41) is 0. The van der Waals surface area contributed by atoms with Crippen LogP contribution in [-0.2, 0) is 0 Å². The minimum atomic E-state index is 0.0273. The largest absolute Gasteiger partial charge is 0.487 e. The molecule has 0 amide bonds. The van der Waals surface area contributed by atoms with E-state index in [1.54, 1.807) is 30.3 Å². The summed E-state index contributed by atoms with van der Waals surface area (Å²) in [7, 11) is 0. The molecule has 80 valence electrons. The summed E-state index contributed by atoms with van der Waals surface area (Å²) < 4.78 is 5.40. The summed E-state index contributed by atoms with van der Waals surface area (Å²) >= 11 is 0. The molecule has 3 nitrogen and oxygen atoms in total. The van der Waals surface area contributed by atoms with Gasteiger partial charge in [-0.1, -0.05) is 18.2 Å². The van der Waals surface area contributed by atoms with Gasteiger partial charge in [-0.25, -0.2) is 0 Å². The number of nitrogens with two attached hydrogens (primary N) is 1. The van der Waals surface area contributed by atoms with E-state index in [0.717, 1.165) is 0 Å². The molecule has 0 bridgehead atoms. The predicted octanol–water partition coefficient (Wildman–Crippen LogP) is 2.13. The zero-order valence-corrected chi connectivity index (χ0v) is 8.99. The van der Waals surface area contributed by atoms with Crippen molar-refractivity contribution in [3.8, 4) is 5.75 Å². The maximum Gasteiger partial charge on any atom is 0.159 e. The van der Waals surface area contributed by atoms with Crippen molar-refractivity contribution in [3.05, 3.63) is 41.6 Å². The van der Waals surface area contributed by atoms with E-state index in [0.29, 0.717) is 23.6 Å². The lowest BCUT2D eigenvalue weighted by atomic mass is 10.1. The van der Waals surface area contributed by atoms with Crippen molar-refractivity contribution in [2.75, 3.05) is 6.61 Å². The molecule has 3 heteroatoms. The Morgan fingerprint density at radius 2 is 2.27 bits per heavy atom. The van der Waals surface area contributed by atoms with E-state index >= 15 is 0 Å². The molecule has 0 saturated heterocycles. The first kappa shape index (κ1) is 11.3. The molecule has 0 atom stereocenters. The normalized spacial score (nSPS) is 11.2. The second-order valence-electron chi connectivity index (χ2n) is 3.24. The molecular weight excluding hydrogens is 190 g/mol. The molecule has 0 radical (unpaired) electrons. The Morgan fingerprint density at radius 3 is 2.87 bits per heavy atom. The smallest absolute Gasteiger partial charge is 0.159 e. The summed E-state index contributed by atoms with van der Waals surface area (Å²) in [6, 6.07) is 7.06. The van der Waals surface area contributed by atoms with Gasteiger partial charge in [0.05, 0.1) is 0 Å². The first-order chi connectivity index (χ1) is 7.13. The maximum atomic E-state index is 11.1. The molecule has 0 aliphatic heterocycles. The lowest BCUT2D eigenvalue weighted by Crippen LogP contribution is -2.08. The maximum absolute atomic E-state index is 11.1. The molecule has 0 aliphatic carbocycles. The van der Waals surface area contributed by atoms with E-state index in [4.69, 9.17) is 10.5 Å². The van der Waals surface area contributed by atoms with Crippen molar-refractivity contribution in [2.24, 2.45) is 5.73 Å². The van der Waals surface area contributed by atoms with Crippen molar-refractivity contribution >= 4 is 5.78 Å². The highest BCUT2D eigenvalue weighted by molar-refractivity contribution is 5.94. The Bertz CT molecular complexity index is 383. The van der Waals surface area contributed by atoms with Crippen LogP contribution in [-0.4, -0.2) is 12.4 Å². The molecule has 0 unspecified atom stereocenters. The molecule has 0 aromatic heterocycles. The highest BCUT2D eigenvalue weighted by atomic mass is 16.5. The zero-order valence-electron chi connectivity index (χ0n) is 8.99. The summed E-state index contributed by atoms with van der Waals surface area (Å²) in [6.45, 7) is 3.72. The molecule has 2 N–H and O–H groups in total. The quantitative estimate of drug-likeness (QED) is 0.766. The second kappa shape index (κ2) is 5.20. The summed E-state index contributed by atoms with van der Waals surface area (Å²) in [5.74, 6) is 0.687. The zero-order chi connectivity index (χ0) is 11.3. The van der Waals surface area contributed by atoms with Crippen LogP contribution in [0.2, 0.25) is 0 Å². The van der Waals surface area contributed by atoms with Crippen molar-refractivity contribution in [3.63, 3.8) is 0 Å². The van der Waals surface area contributed by atoms with Gasteiger partial charge in [-0.05, 0) is 26.0 Å². The van der Waals surface area contributed by atoms with Gasteiger partial charge in [0, 0.05) is 11.3 Å². The van der Waals surface area contributed by atoms with E-state index in [1.165, 1.54) is 6.92 Å². The van der Waals surface area contributed by atoms with Crippen LogP contribution < -0.4 is 10.5 Å². The number of Topliss-reactive ketones (excluding diaryl/α,β-unsaturated/α-hetero) is 1. The number of benzene rings is 1. The third-order valence-corrected chi connectivity index (χ3v) is 2.02. The van der Waals surface area contributed by atoms with Gasteiger partial charge >= 0.3 is 0 Å². The van der Waals surface area contributed by atoms with Crippen LogP contribution in [0.3, 0.4) is 0 Å². The number of ether oxygens (including phenoxy) is 1. The van der Waals surface area contributed by atoms with Crippen molar-refractivity contribution in [1.82, 2.24) is 0 Å². The van der Waals surface area contributed by atoms with Gasteiger partial charge in [-0.3, -0.25) is 4.79 Å². The second-order valence-corrected chi connectivity index (χ2v) is 3.24. The van der Waals surface area contributed by atoms with Gasteiger partial charge < -0.3 is 10.5 Å². The number of rotatable bonds is 4. The first-order valence-corrected chi connectivity index (χ1v) is 4.78. The van der Waals surface area contributed by atoms with Crippen LogP contribution in [0.4, 0.5) is 0 Å². The van der Waals surface area contributed by atoms with Crippen LogP contribution in [0.15, 0.2) is 36.0 Å². The molecule has 1 aromatic rings. The van der Waals surface area contributed by atoms with Gasteiger partial charge in [0.2, 0.25) is 0 Å². The topological polar surface area (TPSA) is 52.3 Å². The average Bonchev–Trinajstić information content (AvgIpc) is 2.26. The van der Waals surface area contributed by atoms with Crippen LogP contribution in [0.1, 0.15) is 24.2 Å². The number of carbonyl (C=O) groups excluding carboxylic acids is 1. The Kier molecular flexibility index (Phi) is 3.92. The lowest BCUT2D eigenvalue weighted by Gasteiger charge is -2.06. The molecule has 0 heterocycles. The SMILES string of the molecule is C/C=C(\N)COc1cccc(C(C)=O)c1. The lowest BCUT2D eigenvalue weighted by molar-refractivity contribution is 0.101. The Hall–Kier alpha value is -1.77. The van der Waals surface area contributed by atoms with Gasteiger partial charge in [0.25, 0.3) is 0 Å². The van der Waals surface area contributed by atoms with Gasteiger partial charge in [-0.15, -0.1) is 0 Å². The number of hydrogen-bond acceptors (Lipinski definition) is 3. The molecule has 0 aliphatic rings. The Labute approximate surface area is 89.5 Å². The summed E-state index contributed by atoms with van der Waals surface area (Å²) in [6.07, 6.45) is 1.79. The molecule has 0 saturated carbocycles. The number of ketones is 1. The van der Waals surface area contributed by atoms with Gasteiger partial charge in [0.1, 0.15) is 12.4 Å². The molecule has 0 spiro atoms. The summed E-state index contributed by atoms with van der Waals surface area (Å²) in [4.78, 5) is 11.1. The first-order valence-electron chi connectivity index (χ1n) is 4.78. The van der Waals surface area contributed by atoms with Gasteiger partial charge in [-0.2, -0.15) is 0 Å². The Balaban J connectivity index is 2.70. The summed E-state index contributed by atoms with van der Waals surface area (Å²) in [5.41, 5.74) is 6.90. The third kappa shape index (κ3) is 3.46. The Morgan fingerprint density at radius 1 is 1.53 bits per heavy atom. The van der Waals surface area contributed by atoms with E-state index in [2.05, 4.69) is 0 Å². The minimum Gasteiger partial charge on any atom is -0.487 e. The fourth-order valence-corrected chi connectivity index (χ4v) is 1.05. The highest BCUT2D eigenvalue weighted by Crippen LogP contribution is 2.13. The predicted molar refractivity (Wildman–Crippen MR) is 59.9 cm³/mol. The average molecular weight is 205 g/mol. The molecule has 0 fully saturated rings. The number of allylic oxidation sites excluding steroid dienone is 1. The van der Waals surface area contributed by atoms with Crippen LogP contribution >= 0.6 is 0 Å². The van der Waals surface area contributed by atoms with Crippen LogP contribution in [0.25, 0.3) is 0 Å². The van der Waals surface area contributed by atoms with E-state index in [-0.39, 0.29) is 5.78 Å². The van der Waals surface area contributed by atoms with Crippen molar-refractivity contribution in [1.29, 1.82) is 0 Å². The monoisotopic (exact) mass is 205 g/mol. The van der Waals surface area contributed by atoms with Crippen molar-refractivity contribution < 1.29 is 9.53 Å². The molecular formula is C12H15NO2. The fraction of sp³-hybridized carbons (Fsp3) is 0.250.